The van der Waals surface area contributed by atoms with Crippen molar-refractivity contribution >= 4 is 0 Å². The second-order valence-electron chi connectivity index (χ2n) is 3.90. The molecule has 0 bridgehead atoms. The van der Waals surface area contributed by atoms with E-state index in [1.165, 1.54) is 4.80 Å². The van der Waals surface area contributed by atoms with Crippen molar-refractivity contribution in [2.45, 2.75) is 20.1 Å². The van der Waals surface area contributed by atoms with E-state index in [-0.39, 0.29) is 6.61 Å². The summed E-state index contributed by atoms with van der Waals surface area (Å²) in [5.41, 5.74) is 6.60. The number of nitrogens with zero attached hydrogens (tertiary/aromatic N) is 4. The highest BCUT2D eigenvalue weighted by molar-refractivity contribution is 5.43. The fourth-order valence-electron chi connectivity index (χ4n) is 1.59. The smallest absolute Gasteiger partial charge is 0.212 e. The Kier molecular flexibility index (Phi) is 4.30. The third kappa shape index (κ3) is 3.41. The van der Waals surface area contributed by atoms with E-state index in [9.17, 15) is 0 Å². The van der Waals surface area contributed by atoms with E-state index >= 15 is 0 Å². The Balaban J connectivity index is 2.10. The predicted octanol–water partition coefficient (Wildman–Crippen LogP) is 0.646. The van der Waals surface area contributed by atoms with E-state index in [0.717, 1.165) is 5.56 Å². The molecule has 0 fully saturated rings. The highest BCUT2D eigenvalue weighted by Gasteiger charge is 2.08. The van der Waals surface area contributed by atoms with Crippen LogP contribution in [-0.4, -0.2) is 26.8 Å². The summed E-state index contributed by atoms with van der Waals surface area (Å²) >= 11 is 0. The van der Waals surface area contributed by atoms with Crippen LogP contribution in [0.3, 0.4) is 0 Å². The molecule has 0 aliphatic rings. The van der Waals surface area contributed by atoms with Gasteiger partial charge in [-0.2, -0.15) is 4.80 Å². The summed E-state index contributed by atoms with van der Waals surface area (Å²) in [5, 5.41) is 11.6. The highest BCUT2D eigenvalue weighted by Crippen LogP contribution is 2.28. The van der Waals surface area contributed by atoms with E-state index in [4.69, 9.17) is 15.2 Å². The van der Waals surface area contributed by atoms with Crippen LogP contribution in [0.2, 0.25) is 0 Å². The van der Waals surface area contributed by atoms with Gasteiger partial charge in [-0.15, -0.1) is 10.2 Å². The van der Waals surface area contributed by atoms with Crippen LogP contribution in [0.1, 0.15) is 18.3 Å². The van der Waals surface area contributed by atoms with Crippen molar-refractivity contribution in [3.63, 3.8) is 0 Å². The van der Waals surface area contributed by atoms with E-state index < -0.39 is 0 Å². The highest BCUT2D eigenvalue weighted by atomic mass is 16.5. The lowest BCUT2D eigenvalue weighted by atomic mass is 10.2. The summed E-state index contributed by atoms with van der Waals surface area (Å²) in [7, 11) is 1.71. The van der Waals surface area contributed by atoms with Crippen molar-refractivity contribution < 1.29 is 9.47 Å². The molecule has 7 heteroatoms. The normalized spacial score (nSPS) is 10.5. The topological polar surface area (TPSA) is 88.1 Å². The fraction of sp³-hybridized carbons (Fsp3) is 0.417. The first-order valence-corrected chi connectivity index (χ1v) is 6.04. The quantitative estimate of drug-likeness (QED) is 0.823. The first kappa shape index (κ1) is 13.3. The molecule has 7 nitrogen and oxygen atoms in total. The fourth-order valence-corrected chi connectivity index (χ4v) is 1.59. The van der Waals surface area contributed by atoms with Gasteiger partial charge in [0.25, 0.3) is 0 Å². The van der Waals surface area contributed by atoms with E-state index in [1.807, 2.05) is 25.1 Å². The second-order valence-corrected chi connectivity index (χ2v) is 3.90. The molecule has 0 atom stereocenters. The minimum Gasteiger partial charge on any atom is -0.490 e. The third-order valence-corrected chi connectivity index (χ3v) is 2.45. The average molecular weight is 263 g/mol. The number of aromatic nitrogens is 4. The third-order valence-electron chi connectivity index (χ3n) is 2.45. The van der Waals surface area contributed by atoms with Gasteiger partial charge in [0.1, 0.15) is 0 Å². The molecule has 19 heavy (non-hydrogen) atoms. The van der Waals surface area contributed by atoms with Crippen LogP contribution in [0.25, 0.3) is 0 Å². The Hall–Kier alpha value is -2.15. The van der Waals surface area contributed by atoms with Gasteiger partial charge in [0.15, 0.2) is 18.1 Å². The van der Waals surface area contributed by atoms with Crippen LogP contribution < -0.4 is 15.2 Å². The average Bonchev–Trinajstić information content (AvgIpc) is 2.83. The van der Waals surface area contributed by atoms with Gasteiger partial charge >= 0.3 is 0 Å². The Labute approximate surface area is 111 Å². The molecule has 0 spiro atoms. The first-order valence-electron chi connectivity index (χ1n) is 6.04. The van der Waals surface area contributed by atoms with E-state index in [0.29, 0.717) is 30.5 Å². The van der Waals surface area contributed by atoms with Gasteiger partial charge in [0.05, 0.1) is 13.7 Å². The summed E-state index contributed by atoms with van der Waals surface area (Å²) < 4.78 is 11.2. The van der Waals surface area contributed by atoms with E-state index in [2.05, 4.69) is 15.4 Å². The Morgan fingerprint density at radius 3 is 2.74 bits per heavy atom. The molecule has 1 aromatic carbocycles. The molecule has 2 rings (SSSR count). The number of tetrazole rings is 1. The van der Waals surface area contributed by atoms with Crippen molar-refractivity contribution in [1.29, 1.82) is 0 Å². The van der Waals surface area contributed by atoms with Crippen LogP contribution >= 0.6 is 0 Å². The minimum absolute atomic E-state index is 0.246. The van der Waals surface area contributed by atoms with Crippen molar-refractivity contribution in [2.24, 2.45) is 12.8 Å². The first-order chi connectivity index (χ1) is 9.22. The Morgan fingerprint density at radius 2 is 2.11 bits per heavy atom. The summed E-state index contributed by atoms with van der Waals surface area (Å²) in [6, 6.07) is 5.62. The molecule has 1 heterocycles. The van der Waals surface area contributed by atoms with Gasteiger partial charge in [-0.3, -0.25) is 0 Å². The molecule has 1 aromatic heterocycles. The van der Waals surface area contributed by atoms with Crippen molar-refractivity contribution in [3.05, 3.63) is 29.6 Å². The Morgan fingerprint density at radius 1 is 1.26 bits per heavy atom. The molecule has 0 aliphatic heterocycles. The maximum atomic E-state index is 5.64. The van der Waals surface area contributed by atoms with Crippen LogP contribution in [0.5, 0.6) is 11.5 Å². The van der Waals surface area contributed by atoms with Crippen molar-refractivity contribution in [1.82, 2.24) is 20.2 Å². The predicted molar refractivity (Wildman–Crippen MR) is 68.6 cm³/mol. The number of hydrogen-bond acceptors (Lipinski definition) is 6. The maximum absolute atomic E-state index is 5.64. The SMILES string of the molecule is CCOc1cc(CN)ccc1OCc1nnn(C)n1. The van der Waals surface area contributed by atoms with Gasteiger partial charge in [-0.25, -0.2) is 0 Å². The zero-order valence-electron chi connectivity index (χ0n) is 11.0. The summed E-state index contributed by atoms with van der Waals surface area (Å²) in [6.45, 7) is 3.19. The molecular formula is C12H17N5O2. The molecule has 102 valence electrons. The standard InChI is InChI=1S/C12H17N5O2/c1-3-18-11-6-9(7-13)4-5-10(11)19-8-12-14-16-17(2)15-12/h4-6H,3,7-8,13H2,1-2H3. The molecule has 0 radical (unpaired) electrons. The van der Waals surface area contributed by atoms with E-state index in [1.54, 1.807) is 7.05 Å². The molecule has 0 saturated carbocycles. The number of hydrogen-bond donors (Lipinski definition) is 1. The molecule has 2 N–H and O–H groups in total. The second kappa shape index (κ2) is 6.14. The lowest BCUT2D eigenvalue weighted by molar-refractivity contribution is 0.262. The van der Waals surface area contributed by atoms with Gasteiger partial charge in [-0.1, -0.05) is 6.07 Å². The molecule has 0 aliphatic carbocycles. The Bertz CT molecular complexity index is 541. The van der Waals surface area contributed by atoms with Crippen molar-refractivity contribution in [3.8, 4) is 11.5 Å². The number of aryl methyl sites for hydroxylation is 1. The lowest BCUT2D eigenvalue weighted by Crippen LogP contribution is -2.03. The zero-order valence-corrected chi connectivity index (χ0v) is 11.0. The largest absolute Gasteiger partial charge is 0.490 e. The van der Waals surface area contributed by atoms with Crippen molar-refractivity contribution in [2.75, 3.05) is 6.61 Å². The van der Waals surface area contributed by atoms with Crippen LogP contribution in [-0.2, 0) is 20.2 Å². The molecular weight excluding hydrogens is 246 g/mol. The minimum atomic E-state index is 0.246. The molecule has 0 saturated heterocycles. The summed E-state index contributed by atoms with van der Waals surface area (Å²) in [6.07, 6.45) is 0. The van der Waals surface area contributed by atoms with Gasteiger partial charge in [0.2, 0.25) is 5.82 Å². The number of nitrogens with two attached hydrogens (primary N) is 1. The number of benzene rings is 1. The summed E-state index contributed by atoms with van der Waals surface area (Å²) in [5.74, 6) is 1.84. The van der Waals surface area contributed by atoms with Gasteiger partial charge in [0, 0.05) is 6.54 Å². The van der Waals surface area contributed by atoms with Crippen LogP contribution in [0.15, 0.2) is 18.2 Å². The van der Waals surface area contributed by atoms with Crippen LogP contribution in [0.4, 0.5) is 0 Å². The molecule has 0 unspecified atom stereocenters. The molecule has 0 amide bonds. The van der Waals surface area contributed by atoms with Crippen LogP contribution in [0, 0.1) is 0 Å². The van der Waals surface area contributed by atoms with Gasteiger partial charge in [-0.05, 0) is 29.8 Å². The summed E-state index contributed by atoms with van der Waals surface area (Å²) in [4.78, 5) is 1.39. The maximum Gasteiger partial charge on any atom is 0.212 e. The molecule has 2 aromatic rings. The lowest BCUT2D eigenvalue weighted by Gasteiger charge is -2.11. The van der Waals surface area contributed by atoms with Gasteiger partial charge < -0.3 is 15.2 Å². The number of ether oxygens (including phenoxy) is 2. The number of rotatable bonds is 6. The monoisotopic (exact) mass is 263 g/mol. The zero-order chi connectivity index (χ0) is 13.7.